The van der Waals surface area contributed by atoms with Gasteiger partial charge >= 0.3 is 0 Å². The molecule has 0 radical (unpaired) electrons. The molecule has 22 heavy (non-hydrogen) atoms. The Balaban J connectivity index is 1.93. The van der Waals surface area contributed by atoms with Crippen LogP contribution in [0.4, 0.5) is 4.39 Å². The maximum Gasteiger partial charge on any atom is 0.241 e. The van der Waals surface area contributed by atoms with Crippen LogP contribution in [-0.2, 0) is 10.0 Å². The molecule has 1 unspecified atom stereocenters. The maximum atomic E-state index is 13.5. The molecule has 0 aliphatic carbocycles. The van der Waals surface area contributed by atoms with Crippen molar-refractivity contribution >= 4 is 33.4 Å². The van der Waals surface area contributed by atoms with Crippen LogP contribution in [0, 0.1) is 5.82 Å². The first-order valence-corrected chi connectivity index (χ1v) is 9.50. The molecule has 3 rings (SSSR count). The van der Waals surface area contributed by atoms with Crippen molar-refractivity contribution in [2.45, 2.75) is 22.3 Å². The lowest BCUT2D eigenvalue weighted by atomic mass is 10.0. The lowest BCUT2D eigenvalue weighted by molar-refractivity contribution is 0.541. The highest BCUT2D eigenvalue weighted by Gasteiger charge is 2.26. The average molecular weight is 358 g/mol. The van der Waals surface area contributed by atoms with Crippen LogP contribution in [0.25, 0.3) is 0 Å². The number of halogens is 2. The number of hydrogen-bond donors (Lipinski definition) is 1. The van der Waals surface area contributed by atoms with Gasteiger partial charge in [-0.2, -0.15) is 0 Å². The minimum atomic E-state index is -3.70. The zero-order valence-electron chi connectivity index (χ0n) is 11.4. The van der Waals surface area contributed by atoms with E-state index in [1.807, 2.05) is 0 Å². The molecule has 0 saturated heterocycles. The maximum absolute atomic E-state index is 13.5. The van der Waals surface area contributed by atoms with Gasteiger partial charge in [-0.3, -0.25) is 0 Å². The zero-order chi connectivity index (χ0) is 15.7. The van der Waals surface area contributed by atoms with Gasteiger partial charge in [0.05, 0.1) is 4.90 Å². The van der Waals surface area contributed by atoms with Crippen LogP contribution >= 0.6 is 23.4 Å². The lowest BCUT2D eigenvalue weighted by Crippen LogP contribution is -2.30. The summed E-state index contributed by atoms with van der Waals surface area (Å²) in [5.74, 6) is 0.412. The molecule has 1 N–H and O–H groups in total. The van der Waals surface area contributed by atoms with Crippen molar-refractivity contribution in [3.05, 3.63) is 58.9 Å². The van der Waals surface area contributed by atoms with Crippen LogP contribution in [0.15, 0.2) is 52.3 Å². The first-order chi connectivity index (χ1) is 10.5. The topological polar surface area (TPSA) is 46.2 Å². The number of thioether (sulfide) groups is 1. The predicted molar refractivity (Wildman–Crippen MR) is 86.3 cm³/mol. The van der Waals surface area contributed by atoms with E-state index in [0.717, 1.165) is 10.6 Å². The van der Waals surface area contributed by atoms with E-state index in [0.29, 0.717) is 17.0 Å². The summed E-state index contributed by atoms with van der Waals surface area (Å²) in [6.45, 7) is 0. The minimum Gasteiger partial charge on any atom is -0.207 e. The van der Waals surface area contributed by atoms with Crippen LogP contribution in [0.2, 0.25) is 5.02 Å². The summed E-state index contributed by atoms with van der Waals surface area (Å²) in [5.41, 5.74) is 0.682. The molecule has 1 heterocycles. The van der Waals surface area contributed by atoms with Gasteiger partial charge in [-0.05, 0) is 54.1 Å². The predicted octanol–water partition coefficient (Wildman–Crippen LogP) is 3.99. The number of sulfonamides is 1. The SMILES string of the molecule is O=S(=O)(NC1CCSc2ccc(F)cc21)c1cccc(Cl)c1. The summed E-state index contributed by atoms with van der Waals surface area (Å²) in [4.78, 5) is 1.02. The molecule has 3 nitrogen and oxygen atoms in total. The van der Waals surface area contributed by atoms with E-state index < -0.39 is 16.1 Å². The fourth-order valence-electron chi connectivity index (χ4n) is 2.38. The molecular formula is C15H13ClFNO2S2. The van der Waals surface area contributed by atoms with Crippen LogP contribution in [0.3, 0.4) is 0 Å². The molecule has 116 valence electrons. The highest BCUT2D eigenvalue weighted by molar-refractivity contribution is 7.99. The zero-order valence-corrected chi connectivity index (χ0v) is 13.8. The van der Waals surface area contributed by atoms with Crippen molar-refractivity contribution in [3.8, 4) is 0 Å². The minimum absolute atomic E-state index is 0.108. The van der Waals surface area contributed by atoms with Crippen LogP contribution < -0.4 is 4.72 Å². The van der Waals surface area contributed by atoms with Gasteiger partial charge in [-0.15, -0.1) is 11.8 Å². The number of hydrogen-bond acceptors (Lipinski definition) is 3. The normalized spacial score (nSPS) is 18.0. The van der Waals surface area contributed by atoms with E-state index in [-0.39, 0.29) is 10.7 Å². The van der Waals surface area contributed by atoms with Crippen molar-refractivity contribution in [1.29, 1.82) is 0 Å². The highest BCUT2D eigenvalue weighted by atomic mass is 35.5. The summed E-state index contributed by atoms with van der Waals surface area (Å²) in [5, 5.41) is 0.355. The van der Waals surface area contributed by atoms with Crippen molar-refractivity contribution in [2.75, 3.05) is 5.75 Å². The van der Waals surface area contributed by atoms with Crippen molar-refractivity contribution in [2.24, 2.45) is 0 Å². The molecule has 0 bridgehead atoms. The van der Waals surface area contributed by atoms with Gasteiger partial charge < -0.3 is 0 Å². The average Bonchev–Trinajstić information content (AvgIpc) is 2.48. The monoisotopic (exact) mass is 357 g/mol. The fourth-order valence-corrected chi connectivity index (χ4v) is 5.03. The first-order valence-electron chi connectivity index (χ1n) is 6.66. The summed E-state index contributed by atoms with van der Waals surface area (Å²) in [6.07, 6.45) is 0.612. The van der Waals surface area contributed by atoms with Crippen LogP contribution in [0.1, 0.15) is 18.0 Å². The molecule has 2 aromatic rings. The molecule has 0 spiro atoms. The van der Waals surface area contributed by atoms with E-state index in [2.05, 4.69) is 4.72 Å². The van der Waals surface area contributed by atoms with Gasteiger partial charge in [0, 0.05) is 16.0 Å². The summed E-state index contributed by atoms with van der Waals surface area (Å²) in [7, 11) is -3.70. The molecular weight excluding hydrogens is 345 g/mol. The van der Waals surface area contributed by atoms with Gasteiger partial charge in [0.15, 0.2) is 0 Å². The third-order valence-electron chi connectivity index (χ3n) is 3.42. The van der Waals surface area contributed by atoms with Gasteiger partial charge in [-0.25, -0.2) is 17.5 Å². The summed E-state index contributed by atoms with van der Waals surface area (Å²) >= 11 is 7.45. The van der Waals surface area contributed by atoms with E-state index in [9.17, 15) is 12.8 Å². The molecule has 0 amide bonds. The van der Waals surface area contributed by atoms with E-state index >= 15 is 0 Å². The highest BCUT2D eigenvalue weighted by Crippen LogP contribution is 2.37. The standard InChI is InChI=1S/C15H13ClFNO2S2/c16-10-2-1-3-12(8-10)22(19,20)18-14-6-7-21-15-5-4-11(17)9-13(14)15/h1-5,8-9,14,18H,6-7H2. The Bertz CT molecular complexity index is 811. The number of nitrogens with one attached hydrogen (secondary N) is 1. The Hall–Kier alpha value is -1.08. The quantitative estimate of drug-likeness (QED) is 0.903. The third-order valence-corrected chi connectivity index (χ3v) is 6.24. The van der Waals surface area contributed by atoms with E-state index in [4.69, 9.17) is 11.6 Å². The third kappa shape index (κ3) is 3.30. The molecule has 0 aromatic heterocycles. The molecule has 1 aliphatic heterocycles. The summed E-state index contributed by atoms with van der Waals surface area (Å²) < 4.78 is 41.1. The molecule has 1 atom stereocenters. The second-order valence-corrected chi connectivity index (χ2v) is 8.24. The van der Waals surface area contributed by atoms with Crippen LogP contribution in [0.5, 0.6) is 0 Å². The summed E-state index contributed by atoms with van der Waals surface area (Å²) in [6, 6.07) is 10.1. The van der Waals surface area contributed by atoms with Crippen LogP contribution in [-0.4, -0.2) is 14.2 Å². The van der Waals surface area contributed by atoms with E-state index in [1.54, 1.807) is 30.0 Å². The number of rotatable bonds is 3. The Morgan fingerprint density at radius 1 is 1.23 bits per heavy atom. The Morgan fingerprint density at radius 2 is 2.05 bits per heavy atom. The first kappa shape index (κ1) is 15.8. The Morgan fingerprint density at radius 3 is 2.82 bits per heavy atom. The van der Waals surface area contributed by atoms with E-state index in [1.165, 1.54) is 24.3 Å². The van der Waals surface area contributed by atoms with Gasteiger partial charge in [-0.1, -0.05) is 17.7 Å². The number of fused-ring (bicyclic) bond motifs is 1. The second-order valence-electron chi connectivity index (χ2n) is 4.95. The Kier molecular flexibility index (Phi) is 4.45. The molecule has 0 saturated carbocycles. The molecule has 7 heteroatoms. The van der Waals surface area contributed by atoms with Crippen molar-refractivity contribution < 1.29 is 12.8 Å². The molecule has 2 aromatic carbocycles. The van der Waals surface area contributed by atoms with Crippen molar-refractivity contribution in [3.63, 3.8) is 0 Å². The second kappa shape index (κ2) is 6.20. The Labute approximate surface area is 137 Å². The fraction of sp³-hybridized carbons (Fsp3) is 0.200. The smallest absolute Gasteiger partial charge is 0.207 e. The van der Waals surface area contributed by atoms with Gasteiger partial charge in [0.1, 0.15) is 5.82 Å². The molecule has 0 fully saturated rings. The van der Waals surface area contributed by atoms with Gasteiger partial charge in [0.2, 0.25) is 10.0 Å². The number of benzene rings is 2. The largest absolute Gasteiger partial charge is 0.241 e. The van der Waals surface area contributed by atoms with Gasteiger partial charge in [0.25, 0.3) is 0 Å². The molecule has 1 aliphatic rings. The van der Waals surface area contributed by atoms with Crippen molar-refractivity contribution in [1.82, 2.24) is 4.72 Å². The lowest BCUT2D eigenvalue weighted by Gasteiger charge is -2.25.